The molecule has 0 unspecified atom stereocenters. The number of hydrogen-bond acceptors (Lipinski definition) is 8. The molecule has 9 heteroatoms. The van der Waals surface area contributed by atoms with Crippen molar-refractivity contribution < 1.29 is 14.0 Å². The average Bonchev–Trinajstić information content (AvgIpc) is 3.50. The molecule has 0 atom stereocenters. The van der Waals surface area contributed by atoms with E-state index in [2.05, 4.69) is 25.4 Å². The van der Waals surface area contributed by atoms with Crippen LogP contribution in [0, 0.1) is 6.92 Å². The smallest absolute Gasteiger partial charge is 0.261 e. The van der Waals surface area contributed by atoms with Crippen molar-refractivity contribution in [3.8, 4) is 23.0 Å². The van der Waals surface area contributed by atoms with Crippen LogP contribution in [0.15, 0.2) is 41.1 Å². The molecule has 31 heavy (non-hydrogen) atoms. The second-order valence-electron chi connectivity index (χ2n) is 7.30. The third kappa shape index (κ3) is 3.98. The maximum Gasteiger partial charge on any atom is 0.261 e. The van der Waals surface area contributed by atoms with Gasteiger partial charge in [0.1, 0.15) is 0 Å². The highest BCUT2D eigenvalue weighted by molar-refractivity contribution is 5.98. The summed E-state index contributed by atoms with van der Waals surface area (Å²) in [5, 5.41) is 8.48. The van der Waals surface area contributed by atoms with E-state index >= 15 is 0 Å². The average molecular weight is 440 g/mol. The summed E-state index contributed by atoms with van der Waals surface area (Å²) in [6.45, 7) is 1.94. The van der Waals surface area contributed by atoms with E-state index in [-0.39, 0.29) is 12.4 Å². The van der Waals surface area contributed by atoms with E-state index in [1.807, 2.05) is 37.3 Å². The largest absolute Gasteiger partial charge is 0.493 e. The lowest BCUT2D eigenvalue weighted by atomic mass is 10.1. The van der Waals surface area contributed by atoms with Crippen molar-refractivity contribution in [1.82, 2.24) is 20.1 Å². The van der Waals surface area contributed by atoms with Crippen LogP contribution in [0.5, 0.6) is 11.5 Å². The molecule has 0 aliphatic heterocycles. The number of benzene rings is 1. The number of pyridine rings is 2. The summed E-state index contributed by atoms with van der Waals surface area (Å²) >= 11 is 0. The van der Waals surface area contributed by atoms with Gasteiger partial charge in [0.25, 0.3) is 5.89 Å². The molecular weight excluding hydrogens is 418 g/mol. The topological polar surface area (TPSA) is 95.2 Å². The molecule has 1 N–H and O–H groups in total. The summed E-state index contributed by atoms with van der Waals surface area (Å²) in [7, 11) is 3.22. The molecule has 8 nitrogen and oxygen atoms in total. The zero-order valence-corrected chi connectivity index (χ0v) is 18.2. The highest BCUT2D eigenvalue weighted by Crippen LogP contribution is 2.41. The van der Waals surface area contributed by atoms with Crippen molar-refractivity contribution in [1.29, 1.82) is 0 Å². The molecule has 3 heterocycles. The molecule has 3 aromatic heterocycles. The molecule has 0 spiro atoms. The lowest BCUT2D eigenvalue weighted by molar-refractivity contribution is 0.355. The van der Waals surface area contributed by atoms with Gasteiger partial charge in [0.15, 0.2) is 23.0 Å². The number of halogens is 1. The lowest BCUT2D eigenvalue weighted by Crippen LogP contribution is -1.99. The van der Waals surface area contributed by atoms with Crippen LogP contribution in [-0.2, 0) is 0 Å². The quantitative estimate of drug-likeness (QED) is 0.446. The van der Waals surface area contributed by atoms with E-state index in [1.165, 1.54) is 0 Å². The van der Waals surface area contributed by atoms with Crippen molar-refractivity contribution in [3.05, 3.63) is 48.0 Å². The Hall–Kier alpha value is -3.39. The molecule has 1 aliphatic carbocycles. The van der Waals surface area contributed by atoms with E-state index in [0.29, 0.717) is 29.0 Å². The van der Waals surface area contributed by atoms with Crippen LogP contribution >= 0.6 is 12.4 Å². The third-order valence-electron chi connectivity index (χ3n) is 5.14. The minimum atomic E-state index is 0. The molecule has 1 saturated carbocycles. The van der Waals surface area contributed by atoms with Gasteiger partial charge >= 0.3 is 0 Å². The van der Waals surface area contributed by atoms with Crippen LogP contribution in [0.3, 0.4) is 0 Å². The number of methoxy groups -OCH3 is 2. The predicted octanol–water partition coefficient (Wildman–Crippen LogP) is 5.05. The van der Waals surface area contributed by atoms with Gasteiger partial charge < -0.3 is 19.3 Å². The van der Waals surface area contributed by atoms with Gasteiger partial charge in [0.05, 0.1) is 25.5 Å². The molecule has 5 rings (SSSR count). The fraction of sp³-hybridized carbons (Fsp3) is 0.273. The first-order valence-corrected chi connectivity index (χ1v) is 9.75. The summed E-state index contributed by atoms with van der Waals surface area (Å²) in [4.78, 5) is 13.7. The standard InChI is InChI=1S/C22H21N5O3.ClH/c1-12-4-8-15-19(25-14-7-9-17(28-2)18(10-14)29-3)16(11-23-21(15)24-12)22-26-20(27-30-22)13-5-6-13;/h4,7-11,13H,5-6H2,1-3H3,(H,23,24,25);1H. The Morgan fingerprint density at radius 2 is 1.84 bits per heavy atom. The molecule has 0 amide bonds. The van der Waals surface area contributed by atoms with Gasteiger partial charge in [-0.1, -0.05) is 5.16 Å². The van der Waals surface area contributed by atoms with E-state index in [9.17, 15) is 0 Å². The highest BCUT2D eigenvalue weighted by atomic mass is 35.5. The Balaban J connectivity index is 0.00000231. The van der Waals surface area contributed by atoms with Gasteiger partial charge in [-0.25, -0.2) is 9.97 Å². The Morgan fingerprint density at radius 1 is 1.03 bits per heavy atom. The van der Waals surface area contributed by atoms with Crippen LogP contribution in [0.2, 0.25) is 0 Å². The lowest BCUT2D eigenvalue weighted by Gasteiger charge is -2.15. The van der Waals surface area contributed by atoms with E-state index in [4.69, 9.17) is 14.0 Å². The van der Waals surface area contributed by atoms with Gasteiger partial charge in [-0.15, -0.1) is 12.4 Å². The maximum atomic E-state index is 5.58. The summed E-state index contributed by atoms with van der Waals surface area (Å²) < 4.78 is 16.4. The van der Waals surface area contributed by atoms with Crippen molar-refractivity contribution in [2.75, 3.05) is 19.5 Å². The van der Waals surface area contributed by atoms with Crippen LogP contribution in [0.4, 0.5) is 11.4 Å². The number of anilines is 2. The first kappa shape index (κ1) is 20.9. The minimum absolute atomic E-state index is 0. The minimum Gasteiger partial charge on any atom is -0.493 e. The second kappa shape index (κ2) is 8.39. The number of hydrogen-bond donors (Lipinski definition) is 1. The van der Waals surface area contributed by atoms with E-state index < -0.39 is 0 Å². The molecule has 160 valence electrons. The monoisotopic (exact) mass is 439 g/mol. The van der Waals surface area contributed by atoms with Gasteiger partial charge in [0, 0.05) is 34.9 Å². The molecule has 0 radical (unpaired) electrons. The maximum absolute atomic E-state index is 5.58. The van der Waals surface area contributed by atoms with Gasteiger partial charge in [-0.2, -0.15) is 4.98 Å². The number of rotatable bonds is 6. The summed E-state index contributed by atoms with van der Waals surface area (Å²) in [6.07, 6.45) is 3.94. The normalized spacial score (nSPS) is 13.0. The third-order valence-corrected chi connectivity index (χ3v) is 5.14. The number of aromatic nitrogens is 4. The van der Waals surface area contributed by atoms with Crippen molar-refractivity contribution >= 4 is 34.8 Å². The Morgan fingerprint density at radius 3 is 2.58 bits per heavy atom. The van der Waals surface area contributed by atoms with Crippen LogP contribution in [0.25, 0.3) is 22.5 Å². The summed E-state index contributed by atoms with van der Waals surface area (Å²) in [5.74, 6) is 2.89. The molecule has 0 bridgehead atoms. The number of fused-ring (bicyclic) bond motifs is 1. The van der Waals surface area contributed by atoms with E-state index in [1.54, 1.807) is 20.4 Å². The highest BCUT2D eigenvalue weighted by Gasteiger charge is 2.29. The predicted molar refractivity (Wildman–Crippen MR) is 120 cm³/mol. The van der Waals surface area contributed by atoms with Crippen LogP contribution < -0.4 is 14.8 Å². The van der Waals surface area contributed by atoms with Gasteiger partial charge in [-0.05, 0) is 44.0 Å². The number of nitrogens with one attached hydrogen (secondary N) is 1. The van der Waals surface area contributed by atoms with Gasteiger partial charge in [-0.3, -0.25) is 0 Å². The van der Waals surface area contributed by atoms with Crippen LogP contribution in [-0.4, -0.2) is 34.3 Å². The number of nitrogens with zero attached hydrogens (tertiary/aromatic N) is 4. The SMILES string of the molecule is COc1ccc(Nc2c(-c3nc(C4CC4)no3)cnc3nc(C)ccc23)cc1OC.Cl. The molecule has 1 aromatic carbocycles. The van der Waals surface area contributed by atoms with Crippen LogP contribution in [0.1, 0.15) is 30.3 Å². The molecule has 1 fully saturated rings. The Kier molecular flexibility index (Phi) is 5.65. The van der Waals surface area contributed by atoms with E-state index in [0.717, 1.165) is 46.7 Å². The molecule has 4 aromatic rings. The zero-order chi connectivity index (χ0) is 20.7. The molecule has 0 saturated heterocycles. The number of aryl methyl sites for hydroxylation is 1. The van der Waals surface area contributed by atoms with Gasteiger partial charge in [0.2, 0.25) is 0 Å². The fourth-order valence-corrected chi connectivity index (χ4v) is 3.38. The summed E-state index contributed by atoms with van der Waals surface area (Å²) in [6, 6.07) is 9.60. The Bertz CT molecular complexity index is 1240. The zero-order valence-electron chi connectivity index (χ0n) is 17.4. The molecule has 1 aliphatic rings. The fourth-order valence-electron chi connectivity index (χ4n) is 3.38. The molecular formula is C22H22ClN5O3. The first-order valence-electron chi connectivity index (χ1n) is 9.75. The Labute approximate surface area is 185 Å². The second-order valence-corrected chi connectivity index (χ2v) is 7.30. The summed E-state index contributed by atoms with van der Waals surface area (Å²) in [5.41, 5.74) is 3.88. The van der Waals surface area contributed by atoms with Crippen molar-refractivity contribution in [3.63, 3.8) is 0 Å². The number of ether oxygens (including phenoxy) is 2. The van der Waals surface area contributed by atoms with Crippen molar-refractivity contribution in [2.45, 2.75) is 25.7 Å². The first-order chi connectivity index (χ1) is 14.7. The van der Waals surface area contributed by atoms with Crippen molar-refractivity contribution in [2.24, 2.45) is 0 Å².